The fraction of sp³-hybridized carbons (Fsp3) is 0.133. The molecule has 50 heavy (non-hydrogen) atoms. The topological polar surface area (TPSA) is 48.5 Å². The lowest BCUT2D eigenvalue weighted by Crippen LogP contribution is -2.14. The van der Waals surface area contributed by atoms with E-state index in [1.54, 1.807) is 0 Å². The van der Waals surface area contributed by atoms with Crippen LogP contribution in [-0.2, 0) is 12.8 Å². The normalized spacial score (nSPS) is 16.5. The Balaban J connectivity index is 1.19. The predicted octanol–water partition coefficient (Wildman–Crippen LogP) is 10.7. The van der Waals surface area contributed by atoms with Crippen LogP contribution in [0.25, 0.3) is 67.2 Å². The van der Waals surface area contributed by atoms with Crippen LogP contribution in [0.3, 0.4) is 0 Å². The van der Waals surface area contributed by atoms with Gasteiger partial charge in [-0.3, -0.25) is 4.57 Å². The van der Waals surface area contributed by atoms with E-state index in [9.17, 15) is 0 Å². The SMILES string of the molecule is C1=CCCC(c2cc(-c3ccccc3)nc(-c3cccc(-n4c5c(c6ccccc64)CCc4c-5c5ccccc5n4C4C=CC=CC4)n3)n2)=C1. The maximum Gasteiger partial charge on any atom is 0.179 e. The third-order valence-electron chi connectivity index (χ3n) is 10.5. The van der Waals surface area contributed by atoms with Crippen LogP contribution in [0.15, 0.2) is 146 Å². The van der Waals surface area contributed by atoms with Gasteiger partial charge in [0.1, 0.15) is 11.5 Å². The molecular weight excluding hydrogens is 611 g/mol. The highest BCUT2D eigenvalue weighted by Crippen LogP contribution is 2.47. The molecule has 10 rings (SSSR count). The van der Waals surface area contributed by atoms with E-state index in [0.717, 1.165) is 60.6 Å². The van der Waals surface area contributed by atoms with Gasteiger partial charge in [0, 0.05) is 33.1 Å². The lowest BCUT2D eigenvalue weighted by atomic mass is 9.91. The molecule has 0 radical (unpaired) electrons. The van der Waals surface area contributed by atoms with Crippen LogP contribution in [0.1, 0.15) is 42.3 Å². The Morgan fingerprint density at radius 1 is 0.620 bits per heavy atom. The maximum atomic E-state index is 5.39. The van der Waals surface area contributed by atoms with Crippen molar-refractivity contribution >= 4 is 27.4 Å². The third kappa shape index (κ3) is 4.65. The summed E-state index contributed by atoms with van der Waals surface area (Å²) in [5.41, 5.74) is 12.8. The van der Waals surface area contributed by atoms with Gasteiger partial charge in [-0.15, -0.1) is 0 Å². The highest BCUT2D eigenvalue weighted by molar-refractivity contribution is 6.04. The number of fused-ring (bicyclic) bond motifs is 7. The average molecular weight is 646 g/mol. The van der Waals surface area contributed by atoms with Gasteiger partial charge < -0.3 is 4.57 Å². The Kier molecular flexibility index (Phi) is 6.83. The van der Waals surface area contributed by atoms with Crippen molar-refractivity contribution in [3.05, 3.63) is 163 Å². The maximum absolute atomic E-state index is 5.39. The number of hydrogen-bond acceptors (Lipinski definition) is 3. The molecule has 0 amide bonds. The van der Waals surface area contributed by atoms with Crippen molar-refractivity contribution in [3.63, 3.8) is 0 Å². The summed E-state index contributed by atoms with van der Waals surface area (Å²) in [5.74, 6) is 1.51. The predicted molar refractivity (Wildman–Crippen MR) is 204 cm³/mol. The van der Waals surface area contributed by atoms with Gasteiger partial charge in [-0.1, -0.05) is 115 Å². The van der Waals surface area contributed by atoms with E-state index in [2.05, 4.69) is 143 Å². The number of nitrogens with zero attached hydrogens (tertiary/aromatic N) is 5. The Bertz CT molecular complexity index is 2580. The molecule has 0 spiro atoms. The summed E-state index contributed by atoms with van der Waals surface area (Å²) in [5, 5.41) is 2.59. The monoisotopic (exact) mass is 645 g/mol. The molecule has 0 fully saturated rings. The second kappa shape index (κ2) is 11.8. The number of rotatable bonds is 5. The zero-order chi connectivity index (χ0) is 33.0. The largest absolute Gasteiger partial charge is 0.337 e. The van der Waals surface area contributed by atoms with Crippen LogP contribution < -0.4 is 0 Å². The molecule has 240 valence electrons. The minimum atomic E-state index is 0.299. The highest BCUT2D eigenvalue weighted by Gasteiger charge is 2.32. The first-order chi connectivity index (χ1) is 24.8. The van der Waals surface area contributed by atoms with Crippen molar-refractivity contribution in [1.29, 1.82) is 0 Å². The van der Waals surface area contributed by atoms with Crippen LogP contribution in [0.5, 0.6) is 0 Å². The summed E-state index contributed by atoms with van der Waals surface area (Å²) >= 11 is 0. The number of allylic oxidation sites excluding steroid dienone is 8. The van der Waals surface area contributed by atoms with E-state index >= 15 is 0 Å². The molecule has 0 bridgehead atoms. The molecule has 1 unspecified atom stereocenters. The van der Waals surface area contributed by atoms with Crippen molar-refractivity contribution in [2.45, 2.75) is 38.1 Å². The van der Waals surface area contributed by atoms with Gasteiger partial charge in [0.25, 0.3) is 0 Å². The Labute approximate surface area is 291 Å². The molecule has 1 atom stereocenters. The molecule has 0 N–H and O–H groups in total. The van der Waals surface area contributed by atoms with Crippen molar-refractivity contribution in [2.75, 3.05) is 0 Å². The fourth-order valence-corrected chi connectivity index (χ4v) is 8.24. The molecule has 4 aromatic heterocycles. The van der Waals surface area contributed by atoms with Gasteiger partial charge in [0.05, 0.1) is 28.6 Å². The lowest BCUT2D eigenvalue weighted by Gasteiger charge is -2.24. The number of para-hydroxylation sites is 2. The smallest absolute Gasteiger partial charge is 0.179 e. The lowest BCUT2D eigenvalue weighted by molar-refractivity contribution is 0.598. The quantitative estimate of drug-likeness (QED) is 0.187. The van der Waals surface area contributed by atoms with E-state index in [-0.39, 0.29) is 0 Å². The molecule has 5 nitrogen and oxygen atoms in total. The molecule has 3 aromatic carbocycles. The molecule has 3 aliphatic rings. The third-order valence-corrected chi connectivity index (χ3v) is 10.5. The molecular formula is C45H35N5. The number of hydrogen-bond donors (Lipinski definition) is 0. The van der Waals surface area contributed by atoms with Gasteiger partial charge in [-0.25, -0.2) is 15.0 Å². The Morgan fingerprint density at radius 2 is 1.44 bits per heavy atom. The summed E-state index contributed by atoms with van der Waals surface area (Å²) in [6, 6.07) is 36.8. The van der Waals surface area contributed by atoms with Crippen molar-refractivity contribution in [1.82, 2.24) is 24.1 Å². The molecule has 4 heterocycles. The van der Waals surface area contributed by atoms with E-state index < -0.39 is 0 Å². The minimum Gasteiger partial charge on any atom is -0.337 e. The standard InChI is InChI=1S/C45H35N5/c1-4-15-30(16-5-1)37-29-38(31-17-6-2-7-18-31)48-45(47-37)36-23-14-26-42(46-36)50-39-24-12-10-21-33(39)34-27-28-41-43(44(34)50)35-22-11-13-25-40(35)49(41)32-19-8-3-9-20-32/h1-6,8-17,19,21-26,29,32H,7,18,20,27-28H2. The number of pyridine rings is 1. The highest BCUT2D eigenvalue weighted by atomic mass is 15.1. The first-order valence-corrected chi connectivity index (χ1v) is 17.7. The summed E-state index contributed by atoms with van der Waals surface area (Å²) < 4.78 is 5.00. The van der Waals surface area contributed by atoms with Crippen molar-refractivity contribution in [2.24, 2.45) is 0 Å². The summed E-state index contributed by atoms with van der Waals surface area (Å²) in [4.78, 5) is 15.7. The molecule has 5 heteroatoms. The van der Waals surface area contributed by atoms with Gasteiger partial charge in [0.15, 0.2) is 5.82 Å². The number of benzene rings is 3. The molecule has 0 aliphatic heterocycles. The summed E-state index contributed by atoms with van der Waals surface area (Å²) in [6.45, 7) is 0. The number of aryl methyl sites for hydroxylation is 1. The Morgan fingerprint density at radius 3 is 2.28 bits per heavy atom. The zero-order valence-electron chi connectivity index (χ0n) is 27.7. The van der Waals surface area contributed by atoms with Gasteiger partial charge >= 0.3 is 0 Å². The second-order valence-corrected chi connectivity index (χ2v) is 13.4. The minimum absolute atomic E-state index is 0.299. The van der Waals surface area contributed by atoms with Crippen LogP contribution in [0.4, 0.5) is 0 Å². The van der Waals surface area contributed by atoms with Gasteiger partial charge in [-0.05, 0) is 73.6 Å². The number of aromatic nitrogens is 5. The van der Waals surface area contributed by atoms with Crippen molar-refractivity contribution in [3.8, 4) is 39.9 Å². The Hall–Kier alpha value is -6.07. The van der Waals surface area contributed by atoms with Crippen LogP contribution >= 0.6 is 0 Å². The molecule has 3 aliphatic carbocycles. The van der Waals surface area contributed by atoms with E-state index in [4.69, 9.17) is 15.0 Å². The van der Waals surface area contributed by atoms with E-state index in [1.165, 1.54) is 49.9 Å². The first kappa shape index (κ1) is 28.9. The van der Waals surface area contributed by atoms with Gasteiger partial charge in [0.2, 0.25) is 0 Å². The van der Waals surface area contributed by atoms with E-state index in [0.29, 0.717) is 11.9 Å². The molecule has 7 aromatic rings. The van der Waals surface area contributed by atoms with Crippen LogP contribution in [0.2, 0.25) is 0 Å². The summed E-state index contributed by atoms with van der Waals surface area (Å²) in [7, 11) is 0. The fourth-order valence-electron chi connectivity index (χ4n) is 8.24. The summed E-state index contributed by atoms with van der Waals surface area (Å²) in [6.07, 6.45) is 20.5. The van der Waals surface area contributed by atoms with E-state index in [1.807, 2.05) is 12.1 Å². The zero-order valence-corrected chi connectivity index (χ0v) is 27.7. The van der Waals surface area contributed by atoms with Crippen molar-refractivity contribution < 1.29 is 0 Å². The average Bonchev–Trinajstić information content (AvgIpc) is 3.72. The van der Waals surface area contributed by atoms with Gasteiger partial charge in [-0.2, -0.15) is 0 Å². The molecule has 0 saturated carbocycles. The van der Waals surface area contributed by atoms with Crippen LogP contribution in [-0.4, -0.2) is 24.1 Å². The molecule has 0 saturated heterocycles. The van der Waals surface area contributed by atoms with Crippen LogP contribution in [0, 0.1) is 0 Å². The second-order valence-electron chi connectivity index (χ2n) is 13.4. The first-order valence-electron chi connectivity index (χ1n) is 17.7.